The van der Waals surface area contributed by atoms with E-state index in [-0.39, 0.29) is 0 Å². The van der Waals surface area contributed by atoms with E-state index in [1.54, 1.807) is 11.3 Å². The zero-order valence-electron chi connectivity index (χ0n) is 10.7. The minimum absolute atomic E-state index is 0.432. The third-order valence-electron chi connectivity index (χ3n) is 3.00. The molecule has 100 valence electrons. The van der Waals surface area contributed by atoms with Crippen LogP contribution in [0, 0.1) is 0 Å². The maximum absolute atomic E-state index is 6.04. The Morgan fingerprint density at radius 1 is 1.00 bits per heavy atom. The van der Waals surface area contributed by atoms with Crippen LogP contribution in [0.4, 0.5) is 0 Å². The topological polar surface area (TPSA) is 38.9 Å². The smallest absolute Gasteiger partial charge is 0.124 e. The van der Waals surface area contributed by atoms with Gasteiger partial charge in [0.1, 0.15) is 5.01 Å². The number of hydrogen-bond donors (Lipinski definition) is 1. The van der Waals surface area contributed by atoms with Crippen molar-refractivity contribution >= 4 is 22.9 Å². The molecule has 3 rings (SSSR count). The Kier molecular flexibility index (Phi) is 3.83. The van der Waals surface area contributed by atoms with Gasteiger partial charge in [0, 0.05) is 17.1 Å². The lowest BCUT2D eigenvalue weighted by atomic mass is 10.1. The summed E-state index contributed by atoms with van der Waals surface area (Å²) in [6.07, 6.45) is 0. The number of hydrogen-bond acceptors (Lipinski definition) is 3. The highest BCUT2D eigenvalue weighted by Crippen LogP contribution is 2.35. The van der Waals surface area contributed by atoms with Crippen molar-refractivity contribution in [1.82, 2.24) is 4.98 Å². The van der Waals surface area contributed by atoms with Crippen LogP contribution in [0.3, 0.4) is 0 Å². The summed E-state index contributed by atoms with van der Waals surface area (Å²) in [5.74, 6) is 0. The molecular formula is C16H13ClN2S. The van der Waals surface area contributed by atoms with Gasteiger partial charge in [-0.05, 0) is 17.7 Å². The predicted molar refractivity (Wildman–Crippen MR) is 85.9 cm³/mol. The summed E-state index contributed by atoms with van der Waals surface area (Å²) in [5.41, 5.74) is 8.93. The molecule has 0 amide bonds. The Morgan fingerprint density at radius 2 is 1.75 bits per heavy atom. The minimum atomic E-state index is 0.432. The van der Waals surface area contributed by atoms with Crippen LogP contribution in [0.2, 0.25) is 5.02 Å². The molecule has 20 heavy (non-hydrogen) atoms. The molecule has 0 atom stereocenters. The van der Waals surface area contributed by atoms with Crippen LogP contribution in [0.5, 0.6) is 0 Å². The second kappa shape index (κ2) is 5.75. The van der Waals surface area contributed by atoms with Crippen LogP contribution in [-0.4, -0.2) is 4.98 Å². The molecule has 0 radical (unpaired) electrons. The third-order valence-corrected chi connectivity index (χ3v) is 4.43. The molecule has 0 spiro atoms. The van der Waals surface area contributed by atoms with Gasteiger partial charge in [-0.3, -0.25) is 0 Å². The van der Waals surface area contributed by atoms with E-state index in [0.29, 0.717) is 11.6 Å². The van der Waals surface area contributed by atoms with E-state index in [4.69, 9.17) is 17.3 Å². The molecule has 0 aliphatic heterocycles. The van der Waals surface area contributed by atoms with Crippen LogP contribution in [0.15, 0.2) is 54.6 Å². The van der Waals surface area contributed by atoms with E-state index in [1.165, 1.54) is 0 Å². The number of halogens is 1. The van der Waals surface area contributed by atoms with Gasteiger partial charge in [-0.2, -0.15) is 0 Å². The van der Waals surface area contributed by atoms with Crippen molar-refractivity contribution in [2.24, 2.45) is 5.73 Å². The van der Waals surface area contributed by atoms with Crippen molar-refractivity contribution in [3.63, 3.8) is 0 Å². The normalized spacial score (nSPS) is 10.7. The monoisotopic (exact) mass is 300 g/mol. The second-order valence-electron chi connectivity index (χ2n) is 4.38. The fraction of sp³-hybridized carbons (Fsp3) is 0.0625. The Bertz CT molecular complexity index is 722. The summed E-state index contributed by atoms with van der Waals surface area (Å²) in [6.45, 7) is 0.432. The van der Waals surface area contributed by atoms with Gasteiger partial charge in [0.05, 0.1) is 10.6 Å². The van der Waals surface area contributed by atoms with E-state index in [0.717, 1.165) is 26.7 Å². The molecule has 0 saturated carbocycles. The molecule has 0 fully saturated rings. The van der Waals surface area contributed by atoms with Crippen molar-refractivity contribution in [2.45, 2.75) is 6.54 Å². The first-order chi connectivity index (χ1) is 9.78. The van der Waals surface area contributed by atoms with Crippen LogP contribution in [0.1, 0.15) is 5.69 Å². The highest BCUT2D eigenvalue weighted by atomic mass is 35.5. The van der Waals surface area contributed by atoms with Gasteiger partial charge in [-0.1, -0.05) is 54.1 Å². The summed E-state index contributed by atoms with van der Waals surface area (Å²) >= 11 is 7.69. The molecular weight excluding hydrogens is 288 g/mol. The highest BCUT2D eigenvalue weighted by Gasteiger charge is 2.13. The third kappa shape index (κ3) is 2.61. The SMILES string of the molecule is NCc1nc(-c2cccc(Cl)c2)sc1-c1ccccc1. The average molecular weight is 301 g/mol. The minimum Gasteiger partial charge on any atom is -0.325 e. The van der Waals surface area contributed by atoms with E-state index >= 15 is 0 Å². The zero-order valence-corrected chi connectivity index (χ0v) is 12.3. The summed E-state index contributed by atoms with van der Waals surface area (Å²) < 4.78 is 0. The summed E-state index contributed by atoms with van der Waals surface area (Å²) in [5, 5.41) is 1.67. The number of aromatic nitrogens is 1. The molecule has 0 unspecified atom stereocenters. The van der Waals surface area contributed by atoms with Crippen molar-refractivity contribution < 1.29 is 0 Å². The maximum Gasteiger partial charge on any atom is 0.124 e. The predicted octanol–water partition coefficient (Wildman–Crippen LogP) is 4.59. The molecule has 3 aromatic rings. The number of rotatable bonds is 3. The van der Waals surface area contributed by atoms with Gasteiger partial charge in [0.15, 0.2) is 0 Å². The summed E-state index contributed by atoms with van der Waals surface area (Å²) in [7, 11) is 0. The fourth-order valence-electron chi connectivity index (χ4n) is 2.05. The largest absolute Gasteiger partial charge is 0.325 e. The molecule has 4 heteroatoms. The fourth-order valence-corrected chi connectivity index (χ4v) is 3.34. The number of nitrogens with two attached hydrogens (primary N) is 1. The molecule has 0 aliphatic carbocycles. The molecule has 0 aliphatic rings. The molecule has 1 aromatic heterocycles. The van der Waals surface area contributed by atoms with Crippen LogP contribution >= 0.6 is 22.9 Å². The number of nitrogens with zero attached hydrogens (tertiary/aromatic N) is 1. The Balaban J connectivity index is 2.10. The number of benzene rings is 2. The molecule has 2 N–H and O–H groups in total. The van der Waals surface area contributed by atoms with E-state index < -0.39 is 0 Å². The zero-order chi connectivity index (χ0) is 13.9. The quantitative estimate of drug-likeness (QED) is 0.768. The Labute approximate surface area is 126 Å². The first-order valence-electron chi connectivity index (χ1n) is 6.29. The maximum atomic E-state index is 6.04. The van der Waals surface area contributed by atoms with E-state index in [1.807, 2.05) is 42.5 Å². The highest BCUT2D eigenvalue weighted by molar-refractivity contribution is 7.18. The first kappa shape index (κ1) is 13.3. The average Bonchev–Trinajstić information content (AvgIpc) is 2.92. The van der Waals surface area contributed by atoms with E-state index in [2.05, 4.69) is 17.1 Å². The Hall–Kier alpha value is -1.68. The van der Waals surface area contributed by atoms with Crippen LogP contribution < -0.4 is 5.73 Å². The van der Waals surface area contributed by atoms with Crippen molar-refractivity contribution in [2.75, 3.05) is 0 Å². The van der Waals surface area contributed by atoms with Crippen molar-refractivity contribution in [3.05, 3.63) is 65.3 Å². The molecule has 0 bridgehead atoms. The van der Waals surface area contributed by atoms with Crippen molar-refractivity contribution in [3.8, 4) is 21.0 Å². The first-order valence-corrected chi connectivity index (χ1v) is 7.48. The van der Waals surface area contributed by atoms with Gasteiger partial charge >= 0.3 is 0 Å². The molecule has 2 aromatic carbocycles. The lowest BCUT2D eigenvalue weighted by molar-refractivity contribution is 1.02. The van der Waals surface area contributed by atoms with Crippen LogP contribution in [-0.2, 0) is 6.54 Å². The lowest BCUT2D eigenvalue weighted by Crippen LogP contribution is -1.98. The van der Waals surface area contributed by atoms with Crippen LogP contribution in [0.25, 0.3) is 21.0 Å². The molecule has 1 heterocycles. The summed E-state index contributed by atoms with van der Waals surface area (Å²) in [4.78, 5) is 5.78. The van der Waals surface area contributed by atoms with Gasteiger partial charge < -0.3 is 5.73 Å². The van der Waals surface area contributed by atoms with Gasteiger partial charge in [0.2, 0.25) is 0 Å². The summed E-state index contributed by atoms with van der Waals surface area (Å²) in [6, 6.07) is 17.9. The second-order valence-corrected chi connectivity index (χ2v) is 5.81. The standard InChI is InChI=1S/C16H13ClN2S/c17-13-8-4-7-12(9-13)16-19-14(10-18)15(20-16)11-5-2-1-3-6-11/h1-9H,10,18H2. The van der Waals surface area contributed by atoms with E-state index in [9.17, 15) is 0 Å². The number of thiazole rings is 1. The van der Waals surface area contributed by atoms with Gasteiger partial charge in [-0.25, -0.2) is 4.98 Å². The Morgan fingerprint density at radius 3 is 2.45 bits per heavy atom. The van der Waals surface area contributed by atoms with Gasteiger partial charge in [-0.15, -0.1) is 11.3 Å². The lowest BCUT2D eigenvalue weighted by Gasteiger charge is -1.98. The molecule has 0 saturated heterocycles. The van der Waals surface area contributed by atoms with Gasteiger partial charge in [0.25, 0.3) is 0 Å². The van der Waals surface area contributed by atoms with Crippen molar-refractivity contribution in [1.29, 1.82) is 0 Å². The molecule has 2 nitrogen and oxygen atoms in total.